The molecule has 1 rings (SSSR count). The van der Waals surface area contributed by atoms with Crippen LogP contribution >= 0.6 is 0 Å². The number of anilines is 1. The second-order valence-electron chi connectivity index (χ2n) is 4.89. The molecule has 1 aromatic rings. The van der Waals surface area contributed by atoms with Gasteiger partial charge in [0.2, 0.25) is 0 Å². The molecule has 0 bridgehead atoms. The standard InChI is InChI=1S/C15H26N2O/c1-6-13(10-16-3)11-17(4)14-9-12(2)7-8-15(14)18-5/h7-9,13,16H,6,10-11H2,1-5H3. The lowest BCUT2D eigenvalue weighted by Gasteiger charge is -2.26. The summed E-state index contributed by atoms with van der Waals surface area (Å²) in [6.07, 6.45) is 1.18. The number of rotatable bonds is 7. The van der Waals surface area contributed by atoms with Crippen molar-refractivity contribution < 1.29 is 4.74 Å². The number of methoxy groups -OCH3 is 1. The van der Waals surface area contributed by atoms with Crippen LogP contribution in [0.15, 0.2) is 18.2 Å². The van der Waals surface area contributed by atoms with E-state index in [1.54, 1.807) is 7.11 Å². The first-order chi connectivity index (χ1) is 8.62. The average Bonchev–Trinajstić information content (AvgIpc) is 2.38. The summed E-state index contributed by atoms with van der Waals surface area (Å²) in [5.41, 5.74) is 2.44. The number of benzene rings is 1. The van der Waals surface area contributed by atoms with Gasteiger partial charge in [0.25, 0.3) is 0 Å². The summed E-state index contributed by atoms with van der Waals surface area (Å²) in [7, 11) is 5.87. The molecule has 3 heteroatoms. The van der Waals surface area contributed by atoms with Crippen LogP contribution in [-0.2, 0) is 0 Å². The Hall–Kier alpha value is -1.22. The molecule has 0 fully saturated rings. The van der Waals surface area contributed by atoms with Gasteiger partial charge in [-0.3, -0.25) is 0 Å². The first-order valence-corrected chi connectivity index (χ1v) is 6.62. The molecule has 0 spiro atoms. The molecule has 1 unspecified atom stereocenters. The SMILES string of the molecule is CCC(CNC)CN(C)c1cc(C)ccc1OC. The highest BCUT2D eigenvalue weighted by molar-refractivity contribution is 5.59. The molecular formula is C15H26N2O. The lowest BCUT2D eigenvalue weighted by Crippen LogP contribution is -2.31. The van der Waals surface area contributed by atoms with E-state index in [0.717, 1.165) is 18.8 Å². The first kappa shape index (κ1) is 14.8. The smallest absolute Gasteiger partial charge is 0.142 e. The van der Waals surface area contributed by atoms with Crippen LogP contribution < -0.4 is 15.0 Å². The zero-order valence-electron chi connectivity index (χ0n) is 12.3. The second-order valence-corrected chi connectivity index (χ2v) is 4.89. The van der Waals surface area contributed by atoms with Gasteiger partial charge >= 0.3 is 0 Å². The van der Waals surface area contributed by atoms with E-state index in [9.17, 15) is 0 Å². The van der Waals surface area contributed by atoms with Gasteiger partial charge in [0, 0.05) is 13.6 Å². The van der Waals surface area contributed by atoms with Gasteiger partial charge in [-0.25, -0.2) is 0 Å². The van der Waals surface area contributed by atoms with Crippen LogP contribution in [0.2, 0.25) is 0 Å². The number of hydrogen-bond donors (Lipinski definition) is 1. The van der Waals surface area contributed by atoms with Crippen LogP contribution in [0.1, 0.15) is 18.9 Å². The Morgan fingerprint density at radius 1 is 1.39 bits per heavy atom. The van der Waals surface area contributed by atoms with Gasteiger partial charge in [-0.2, -0.15) is 0 Å². The van der Waals surface area contributed by atoms with E-state index in [-0.39, 0.29) is 0 Å². The highest BCUT2D eigenvalue weighted by Gasteiger charge is 2.13. The van der Waals surface area contributed by atoms with E-state index < -0.39 is 0 Å². The van der Waals surface area contributed by atoms with Crippen LogP contribution in [-0.4, -0.2) is 34.3 Å². The highest BCUT2D eigenvalue weighted by Crippen LogP contribution is 2.29. The second kappa shape index (κ2) is 7.27. The normalized spacial score (nSPS) is 12.3. The largest absolute Gasteiger partial charge is 0.495 e. The predicted molar refractivity (Wildman–Crippen MR) is 78.7 cm³/mol. The zero-order chi connectivity index (χ0) is 13.5. The van der Waals surface area contributed by atoms with Crippen LogP contribution in [0.4, 0.5) is 5.69 Å². The minimum Gasteiger partial charge on any atom is -0.495 e. The zero-order valence-corrected chi connectivity index (χ0v) is 12.3. The fourth-order valence-electron chi connectivity index (χ4n) is 2.21. The Morgan fingerprint density at radius 2 is 2.11 bits per heavy atom. The minimum absolute atomic E-state index is 0.658. The molecule has 0 aliphatic heterocycles. The van der Waals surface area contributed by atoms with Crippen LogP contribution in [0.3, 0.4) is 0 Å². The number of hydrogen-bond acceptors (Lipinski definition) is 3. The molecule has 102 valence electrons. The molecule has 18 heavy (non-hydrogen) atoms. The fourth-order valence-corrected chi connectivity index (χ4v) is 2.21. The van der Waals surface area contributed by atoms with Gasteiger partial charge < -0.3 is 15.0 Å². The molecule has 1 N–H and O–H groups in total. The molecular weight excluding hydrogens is 224 g/mol. The average molecular weight is 250 g/mol. The van der Waals surface area contributed by atoms with E-state index >= 15 is 0 Å². The van der Waals surface area contributed by atoms with Crippen molar-refractivity contribution in [3.63, 3.8) is 0 Å². The van der Waals surface area contributed by atoms with Crippen molar-refractivity contribution in [2.45, 2.75) is 20.3 Å². The van der Waals surface area contributed by atoms with Gasteiger partial charge in [-0.15, -0.1) is 0 Å². The van der Waals surface area contributed by atoms with Gasteiger partial charge in [-0.05, 0) is 44.1 Å². The molecule has 0 aliphatic carbocycles. The summed E-state index contributed by atoms with van der Waals surface area (Å²) >= 11 is 0. The summed E-state index contributed by atoms with van der Waals surface area (Å²) in [4.78, 5) is 2.29. The monoisotopic (exact) mass is 250 g/mol. The number of nitrogens with zero attached hydrogens (tertiary/aromatic N) is 1. The lowest BCUT2D eigenvalue weighted by molar-refractivity contribution is 0.412. The van der Waals surface area contributed by atoms with Crippen molar-refractivity contribution in [1.82, 2.24) is 5.32 Å². The van der Waals surface area contributed by atoms with E-state index in [1.165, 1.54) is 17.7 Å². The molecule has 0 saturated heterocycles. The van der Waals surface area contributed by atoms with E-state index in [4.69, 9.17) is 4.74 Å². The van der Waals surface area contributed by atoms with Gasteiger partial charge in [0.05, 0.1) is 12.8 Å². The van der Waals surface area contributed by atoms with E-state index in [2.05, 4.69) is 43.2 Å². The predicted octanol–water partition coefficient (Wildman–Crippen LogP) is 2.69. The summed E-state index contributed by atoms with van der Waals surface area (Å²) in [6, 6.07) is 6.31. The Labute approximate surface area is 111 Å². The molecule has 0 aliphatic rings. The van der Waals surface area contributed by atoms with Gasteiger partial charge in [0.1, 0.15) is 5.75 Å². The van der Waals surface area contributed by atoms with Gasteiger partial charge in [0.15, 0.2) is 0 Å². The van der Waals surface area contributed by atoms with E-state index in [0.29, 0.717) is 5.92 Å². The quantitative estimate of drug-likeness (QED) is 0.805. The van der Waals surface area contributed by atoms with Crippen molar-refractivity contribution >= 4 is 5.69 Å². The van der Waals surface area contributed by atoms with E-state index in [1.807, 2.05) is 13.1 Å². The van der Waals surface area contributed by atoms with Crippen molar-refractivity contribution in [3.8, 4) is 5.75 Å². The van der Waals surface area contributed by atoms with Crippen molar-refractivity contribution in [2.75, 3.05) is 39.2 Å². The minimum atomic E-state index is 0.658. The molecule has 3 nitrogen and oxygen atoms in total. The Kier molecular flexibility index (Phi) is 5.99. The molecule has 0 amide bonds. The molecule has 0 aromatic heterocycles. The molecule has 1 atom stereocenters. The maximum absolute atomic E-state index is 5.44. The third-order valence-corrected chi connectivity index (χ3v) is 3.35. The lowest BCUT2D eigenvalue weighted by atomic mass is 10.1. The third kappa shape index (κ3) is 3.91. The van der Waals surface area contributed by atoms with Crippen LogP contribution in [0.25, 0.3) is 0 Å². The number of nitrogens with one attached hydrogen (secondary N) is 1. The summed E-state index contributed by atoms with van der Waals surface area (Å²) in [5.74, 6) is 1.60. The number of ether oxygens (including phenoxy) is 1. The fraction of sp³-hybridized carbons (Fsp3) is 0.600. The molecule has 0 radical (unpaired) electrons. The third-order valence-electron chi connectivity index (χ3n) is 3.35. The Bertz CT molecular complexity index is 366. The maximum Gasteiger partial charge on any atom is 0.142 e. The molecule has 0 saturated carbocycles. The maximum atomic E-state index is 5.44. The summed E-state index contributed by atoms with van der Waals surface area (Å²) in [5, 5.41) is 3.26. The van der Waals surface area contributed by atoms with Crippen molar-refractivity contribution in [3.05, 3.63) is 23.8 Å². The first-order valence-electron chi connectivity index (χ1n) is 6.62. The molecule has 0 heterocycles. The summed E-state index contributed by atoms with van der Waals surface area (Å²) in [6.45, 7) is 6.44. The Balaban J connectivity index is 2.81. The van der Waals surface area contributed by atoms with Gasteiger partial charge in [-0.1, -0.05) is 19.4 Å². The summed E-state index contributed by atoms with van der Waals surface area (Å²) < 4.78 is 5.44. The molecule has 1 aromatic carbocycles. The van der Waals surface area contributed by atoms with Crippen LogP contribution in [0, 0.1) is 12.8 Å². The number of aryl methyl sites for hydroxylation is 1. The highest BCUT2D eigenvalue weighted by atomic mass is 16.5. The van der Waals surface area contributed by atoms with Crippen molar-refractivity contribution in [1.29, 1.82) is 0 Å². The van der Waals surface area contributed by atoms with Crippen LogP contribution in [0.5, 0.6) is 5.75 Å². The Morgan fingerprint density at radius 3 is 2.67 bits per heavy atom. The van der Waals surface area contributed by atoms with Crippen molar-refractivity contribution in [2.24, 2.45) is 5.92 Å². The topological polar surface area (TPSA) is 24.5 Å².